The van der Waals surface area contributed by atoms with Gasteiger partial charge in [-0.2, -0.15) is 0 Å². The highest BCUT2D eigenvalue weighted by atomic mass is 16.6. The van der Waals surface area contributed by atoms with Gasteiger partial charge in [0.15, 0.2) is 0 Å². The Morgan fingerprint density at radius 3 is 2.03 bits per heavy atom. The van der Waals surface area contributed by atoms with Crippen molar-refractivity contribution in [3.63, 3.8) is 0 Å². The van der Waals surface area contributed by atoms with E-state index < -0.39 is 23.8 Å². The predicted octanol–water partition coefficient (Wildman–Crippen LogP) is 5.78. The van der Waals surface area contributed by atoms with Gasteiger partial charge in [-0.3, -0.25) is 9.59 Å². The van der Waals surface area contributed by atoms with Gasteiger partial charge < -0.3 is 25.0 Å². The van der Waals surface area contributed by atoms with Crippen molar-refractivity contribution in [1.82, 2.24) is 10.2 Å². The van der Waals surface area contributed by atoms with Crippen LogP contribution in [-0.2, 0) is 14.3 Å². The van der Waals surface area contributed by atoms with Gasteiger partial charge in [0.1, 0.15) is 23.4 Å². The fourth-order valence-electron chi connectivity index (χ4n) is 4.38. The van der Waals surface area contributed by atoms with Gasteiger partial charge in [0.05, 0.1) is 7.11 Å². The minimum atomic E-state index is -0.911. The lowest BCUT2D eigenvalue weighted by Crippen LogP contribution is -2.53. The van der Waals surface area contributed by atoms with E-state index in [1.165, 1.54) is 0 Å². The third-order valence-corrected chi connectivity index (χ3v) is 6.05. The smallest absolute Gasteiger partial charge is 0.408 e. The molecule has 3 amide bonds. The molecule has 0 aliphatic rings. The molecule has 2 unspecified atom stereocenters. The average Bonchev–Trinajstić information content (AvgIpc) is 2.81. The number of anilines is 1. The van der Waals surface area contributed by atoms with E-state index in [1.54, 1.807) is 57.0 Å². The molecule has 0 aliphatic heterocycles. The van der Waals surface area contributed by atoms with Crippen molar-refractivity contribution in [3.8, 4) is 5.75 Å². The molecule has 0 aliphatic carbocycles. The van der Waals surface area contributed by atoms with Crippen molar-refractivity contribution in [3.05, 3.63) is 59.2 Å². The second-order valence-corrected chi connectivity index (χ2v) is 10.9. The first-order chi connectivity index (χ1) is 17.8. The maximum Gasteiger partial charge on any atom is 0.408 e. The second kappa shape index (κ2) is 13.3. The zero-order valence-electron chi connectivity index (χ0n) is 24.2. The summed E-state index contributed by atoms with van der Waals surface area (Å²) in [6.45, 7) is 15.2. The van der Waals surface area contributed by atoms with Crippen LogP contribution < -0.4 is 15.4 Å². The molecule has 0 saturated heterocycles. The van der Waals surface area contributed by atoms with Crippen molar-refractivity contribution in [1.29, 1.82) is 0 Å². The van der Waals surface area contributed by atoms with E-state index in [-0.39, 0.29) is 24.3 Å². The Hall–Kier alpha value is -3.55. The number of hydrogen-bond donors (Lipinski definition) is 2. The van der Waals surface area contributed by atoms with Crippen molar-refractivity contribution >= 4 is 23.6 Å². The molecule has 2 N–H and O–H groups in total. The summed E-state index contributed by atoms with van der Waals surface area (Å²) in [7, 11) is 1.58. The monoisotopic (exact) mass is 525 g/mol. The van der Waals surface area contributed by atoms with Crippen molar-refractivity contribution in [2.75, 3.05) is 19.0 Å². The minimum absolute atomic E-state index is 0.115. The number of methoxy groups -OCH3 is 1. The third-order valence-electron chi connectivity index (χ3n) is 6.05. The maximum absolute atomic E-state index is 14.0. The average molecular weight is 526 g/mol. The first-order valence-corrected chi connectivity index (χ1v) is 13.1. The molecular formula is C30H43N3O5. The first kappa shape index (κ1) is 30.7. The van der Waals surface area contributed by atoms with Crippen LogP contribution in [0.2, 0.25) is 0 Å². The first-order valence-electron chi connectivity index (χ1n) is 13.1. The number of nitrogens with one attached hydrogen (secondary N) is 2. The Bertz CT molecular complexity index is 1090. The standard InChI is InChI=1S/C30H43N3O5/c1-10-33(28(35)24(18-19(2)3)32-29(36)38-30(6,7)8)26(25-20(4)12-11-13-21(25)5)27(34)31-22-14-16-23(37-9)17-15-22/h11-17,19,24,26H,10,18H2,1-9H3,(H,31,34)(H,32,36). The summed E-state index contributed by atoms with van der Waals surface area (Å²) in [6, 6.07) is 11.0. The number of amides is 3. The van der Waals surface area contributed by atoms with Gasteiger partial charge in [0, 0.05) is 12.2 Å². The molecule has 208 valence electrons. The van der Waals surface area contributed by atoms with Crippen LogP contribution in [0.15, 0.2) is 42.5 Å². The fraction of sp³-hybridized carbons (Fsp3) is 0.500. The van der Waals surface area contributed by atoms with E-state index in [0.717, 1.165) is 16.7 Å². The molecule has 0 heterocycles. The SMILES string of the molecule is CCN(C(=O)C(CC(C)C)NC(=O)OC(C)(C)C)C(C(=O)Nc1ccc(OC)cc1)c1c(C)cccc1C. The highest BCUT2D eigenvalue weighted by molar-refractivity contribution is 5.99. The van der Waals surface area contributed by atoms with Crippen LogP contribution in [0.3, 0.4) is 0 Å². The number of hydrogen-bond acceptors (Lipinski definition) is 5. The van der Waals surface area contributed by atoms with Crippen LogP contribution >= 0.6 is 0 Å². The second-order valence-electron chi connectivity index (χ2n) is 10.9. The number of likely N-dealkylation sites (N-methyl/N-ethyl adjacent to an activating group) is 1. The van der Waals surface area contributed by atoms with Crippen LogP contribution in [0.5, 0.6) is 5.75 Å². The summed E-state index contributed by atoms with van der Waals surface area (Å²) >= 11 is 0. The van der Waals surface area contributed by atoms with Gasteiger partial charge in [0.25, 0.3) is 5.91 Å². The Morgan fingerprint density at radius 1 is 0.974 bits per heavy atom. The van der Waals surface area contributed by atoms with Gasteiger partial charge in [-0.05, 0) is 94.8 Å². The molecular weight excluding hydrogens is 482 g/mol. The van der Waals surface area contributed by atoms with Crippen LogP contribution in [0.25, 0.3) is 0 Å². The Morgan fingerprint density at radius 2 is 1.55 bits per heavy atom. The van der Waals surface area contributed by atoms with E-state index in [9.17, 15) is 14.4 Å². The van der Waals surface area contributed by atoms with Crippen molar-refractivity contribution < 1.29 is 23.9 Å². The van der Waals surface area contributed by atoms with Crippen LogP contribution in [0.4, 0.5) is 10.5 Å². The van der Waals surface area contributed by atoms with Crippen LogP contribution in [0, 0.1) is 19.8 Å². The molecule has 0 fully saturated rings. The number of ether oxygens (including phenoxy) is 2. The molecule has 2 rings (SSSR count). The molecule has 38 heavy (non-hydrogen) atoms. The molecule has 2 atom stereocenters. The van der Waals surface area contributed by atoms with Gasteiger partial charge in [0.2, 0.25) is 5.91 Å². The number of nitrogens with zero attached hydrogens (tertiary/aromatic N) is 1. The molecule has 0 saturated carbocycles. The van der Waals surface area contributed by atoms with Crippen molar-refractivity contribution in [2.24, 2.45) is 5.92 Å². The Kier molecular flexibility index (Phi) is 10.7. The summed E-state index contributed by atoms with van der Waals surface area (Å²) in [5, 5.41) is 5.73. The highest BCUT2D eigenvalue weighted by Gasteiger charge is 2.37. The lowest BCUT2D eigenvalue weighted by molar-refractivity contribution is -0.140. The number of carbonyl (C=O) groups is 3. The summed E-state index contributed by atoms with van der Waals surface area (Å²) in [5.41, 5.74) is 2.42. The lowest BCUT2D eigenvalue weighted by Gasteiger charge is -2.35. The van der Waals surface area contributed by atoms with Crippen LogP contribution in [0.1, 0.15) is 70.7 Å². The zero-order valence-corrected chi connectivity index (χ0v) is 24.2. The third kappa shape index (κ3) is 8.50. The van der Waals surface area contributed by atoms with E-state index in [1.807, 2.05) is 52.8 Å². The van der Waals surface area contributed by atoms with Gasteiger partial charge in [-0.1, -0.05) is 32.0 Å². The maximum atomic E-state index is 14.0. The number of carbonyl (C=O) groups excluding carboxylic acids is 3. The number of benzene rings is 2. The summed E-state index contributed by atoms with van der Waals surface area (Å²) in [5.74, 6) is 0.0988. The number of alkyl carbamates (subject to hydrolysis) is 1. The van der Waals surface area contributed by atoms with E-state index in [2.05, 4.69) is 10.6 Å². The predicted molar refractivity (Wildman–Crippen MR) is 150 cm³/mol. The number of aryl methyl sites for hydroxylation is 2. The minimum Gasteiger partial charge on any atom is -0.497 e. The van der Waals surface area contributed by atoms with E-state index >= 15 is 0 Å². The topological polar surface area (TPSA) is 97.0 Å². The summed E-state index contributed by atoms with van der Waals surface area (Å²) in [6.07, 6.45) is -0.271. The normalized spacial score (nSPS) is 12.9. The van der Waals surface area contributed by atoms with Gasteiger partial charge in [-0.25, -0.2) is 4.79 Å². The molecule has 0 bridgehead atoms. The Balaban J connectivity index is 2.50. The van der Waals surface area contributed by atoms with Gasteiger partial charge in [-0.15, -0.1) is 0 Å². The van der Waals surface area contributed by atoms with Crippen molar-refractivity contribution in [2.45, 2.75) is 79.5 Å². The van der Waals surface area contributed by atoms with E-state index in [4.69, 9.17) is 9.47 Å². The molecule has 2 aromatic carbocycles. The quantitative estimate of drug-likeness (QED) is 0.410. The molecule has 8 nitrogen and oxygen atoms in total. The lowest BCUT2D eigenvalue weighted by atomic mass is 9.93. The zero-order chi connectivity index (χ0) is 28.6. The molecule has 0 aromatic heterocycles. The number of rotatable bonds is 10. The summed E-state index contributed by atoms with van der Waals surface area (Å²) < 4.78 is 10.7. The summed E-state index contributed by atoms with van der Waals surface area (Å²) in [4.78, 5) is 42.1. The fourth-order valence-corrected chi connectivity index (χ4v) is 4.38. The van der Waals surface area contributed by atoms with Crippen LogP contribution in [-0.4, -0.2) is 48.1 Å². The molecule has 8 heteroatoms. The molecule has 2 aromatic rings. The van der Waals surface area contributed by atoms with Gasteiger partial charge >= 0.3 is 6.09 Å². The van der Waals surface area contributed by atoms with E-state index in [0.29, 0.717) is 17.9 Å². The molecule has 0 radical (unpaired) electrons. The molecule has 0 spiro atoms. The Labute approximate surface area is 227 Å². The largest absolute Gasteiger partial charge is 0.497 e. The highest BCUT2D eigenvalue weighted by Crippen LogP contribution is 2.30.